The van der Waals surface area contributed by atoms with Crippen molar-refractivity contribution in [2.24, 2.45) is 22.1 Å². The first-order valence-electron chi connectivity index (χ1n) is 9.36. The lowest BCUT2D eigenvalue weighted by Crippen LogP contribution is -2.48. The van der Waals surface area contributed by atoms with Gasteiger partial charge in [-0.25, -0.2) is 9.84 Å². The van der Waals surface area contributed by atoms with Crippen molar-refractivity contribution in [3.63, 3.8) is 0 Å². The van der Waals surface area contributed by atoms with Crippen LogP contribution in [0, 0.1) is 17.9 Å². The third-order valence-corrected chi connectivity index (χ3v) is 6.05. The summed E-state index contributed by atoms with van der Waals surface area (Å²) in [5, 5.41) is 0. The van der Waals surface area contributed by atoms with E-state index in [1.54, 1.807) is 19.2 Å². The number of benzene rings is 1. The first-order chi connectivity index (χ1) is 12.3. The largest absolute Gasteiger partial charge is 0.462 e. The van der Waals surface area contributed by atoms with Gasteiger partial charge in [-0.15, -0.1) is 0 Å². The molecule has 0 radical (unpaired) electrons. The van der Waals surface area contributed by atoms with Crippen LogP contribution in [0.5, 0.6) is 0 Å². The Balaban J connectivity index is 1.93. The first-order valence-corrected chi connectivity index (χ1v) is 8.36. The van der Waals surface area contributed by atoms with E-state index in [4.69, 9.17) is 24.5 Å². The van der Waals surface area contributed by atoms with Gasteiger partial charge in [0.05, 0.1) is 15.4 Å². The van der Waals surface area contributed by atoms with Crippen LogP contribution in [0.2, 0.25) is 0 Å². The summed E-state index contributed by atoms with van der Waals surface area (Å²) in [6.45, 7) is 7.44. The smallest absolute Gasteiger partial charge is 0.283 e. The van der Waals surface area contributed by atoms with Crippen LogP contribution in [0.15, 0.2) is 23.2 Å². The average Bonchev–Trinajstić information content (AvgIpc) is 2.99. The van der Waals surface area contributed by atoms with Crippen LogP contribution in [0.3, 0.4) is 0 Å². The molecule has 4 atom stereocenters. The van der Waals surface area contributed by atoms with Crippen LogP contribution in [-0.4, -0.2) is 25.8 Å². The zero-order chi connectivity index (χ0) is 18.7. The van der Waals surface area contributed by atoms with Crippen molar-refractivity contribution in [2.75, 3.05) is 13.7 Å². The zero-order valence-corrected chi connectivity index (χ0v) is 14.0. The molecule has 2 N–H and O–H groups in total. The molecule has 0 saturated heterocycles. The number of hydrogen-bond acceptors (Lipinski definition) is 4. The van der Waals surface area contributed by atoms with Crippen molar-refractivity contribution in [1.29, 1.82) is 0 Å². The van der Waals surface area contributed by atoms with Crippen LogP contribution < -0.4 is 5.73 Å². The van der Waals surface area contributed by atoms with Gasteiger partial charge in [-0.2, -0.15) is 0 Å². The molecule has 1 fully saturated rings. The summed E-state index contributed by atoms with van der Waals surface area (Å²) in [5.74, 6) is 0.271. The minimum absolute atomic E-state index is 0.114. The number of nitrogens with two attached hydrogens (primary N) is 1. The summed E-state index contributed by atoms with van der Waals surface area (Å²) in [4.78, 5) is 8.13. The summed E-state index contributed by atoms with van der Waals surface area (Å²) in [6.07, 6.45) is 3.26. The number of nitrogens with zero attached hydrogens (tertiary/aromatic N) is 2. The molecule has 1 aliphatic heterocycles. The van der Waals surface area contributed by atoms with E-state index in [-0.39, 0.29) is 18.0 Å². The Kier molecular flexibility index (Phi) is 2.88. The number of ether oxygens (including phenoxy) is 2. The van der Waals surface area contributed by atoms with Gasteiger partial charge in [0.15, 0.2) is 5.69 Å². The second-order valence-electron chi connectivity index (χ2n) is 7.27. The van der Waals surface area contributed by atoms with Crippen LogP contribution in [0.25, 0.3) is 4.85 Å². The Morgan fingerprint density at radius 2 is 2.38 bits per heavy atom. The van der Waals surface area contributed by atoms with Crippen LogP contribution in [-0.2, 0) is 21.4 Å². The van der Waals surface area contributed by atoms with E-state index in [0.717, 1.165) is 30.4 Å². The maximum atomic E-state index is 8.68. The van der Waals surface area contributed by atoms with E-state index in [9.17, 15) is 0 Å². The minimum Gasteiger partial charge on any atom is -0.462 e. The van der Waals surface area contributed by atoms with Crippen LogP contribution in [0.1, 0.15) is 40.1 Å². The lowest BCUT2D eigenvalue weighted by molar-refractivity contribution is -0.0445. The maximum Gasteiger partial charge on any atom is 0.283 e. The number of methoxy groups -OCH3 is 1. The predicted molar refractivity (Wildman–Crippen MR) is 91.9 cm³/mol. The molecule has 2 spiro atoms. The van der Waals surface area contributed by atoms with Gasteiger partial charge in [0, 0.05) is 12.5 Å². The lowest BCUT2D eigenvalue weighted by atomic mass is 9.59. The number of fused-ring (bicyclic) bond motifs is 3. The normalized spacial score (nSPS) is 40.5. The molecular weight excluding hydrogens is 302 g/mol. The monoisotopic (exact) mass is 327 g/mol. The summed E-state index contributed by atoms with van der Waals surface area (Å²) in [5.41, 5.74) is 6.49. The molecule has 1 heterocycles. The van der Waals surface area contributed by atoms with Crippen molar-refractivity contribution < 1.29 is 12.2 Å². The molecule has 2 aliphatic carbocycles. The van der Waals surface area contributed by atoms with E-state index >= 15 is 0 Å². The average molecular weight is 327 g/mol. The number of amidine groups is 1. The third-order valence-electron chi connectivity index (χ3n) is 6.05. The molecule has 1 aromatic rings. The van der Waals surface area contributed by atoms with Crippen molar-refractivity contribution in [3.05, 3.63) is 40.7 Å². The predicted octanol–water partition coefficient (Wildman–Crippen LogP) is 3.16. The molecule has 1 saturated carbocycles. The highest BCUT2D eigenvalue weighted by atomic mass is 16.5. The van der Waals surface area contributed by atoms with E-state index in [1.165, 1.54) is 0 Å². The van der Waals surface area contributed by atoms with Gasteiger partial charge in [0.25, 0.3) is 6.02 Å². The Morgan fingerprint density at radius 1 is 1.54 bits per heavy atom. The number of aliphatic imine (C=N–C) groups is 1. The molecule has 0 amide bonds. The standard InChI is InChI=1S/C19H23N3O2/c1-12-9-18(7-6-16(12)23-3)10-13-4-5-14(21-2)8-15(13)19(18)11-24-17(20)22-19/h4-5,8,12,16H,6-7,9-11H2,1,3H3,(H2,20,22)/t12-,16-,18-,19+/m1/s1/i11D2. The fraction of sp³-hybridized carbons (Fsp3) is 0.579. The second-order valence-corrected chi connectivity index (χ2v) is 7.27. The molecule has 126 valence electrons. The van der Waals surface area contributed by atoms with Gasteiger partial charge < -0.3 is 15.2 Å². The second kappa shape index (κ2) is 5.22. The molecule has 5 nitrogen and oxygen atoms in total. The Hall–Kier alpha value is -2.06. The minimum atomic E-state index is -2.05. The van der Waals surface area contributed by atoms with E-state index in [0.29, 0.717) is 12.1 Å². The van der Waals surface area contributed by atoms with E-state index in [2.05, 4.69) is 16.8 Å². The van der Waals surface area contributed by atoms with Crippen molar-refractivity contribution in [1.82, 2.24) is 0 Å². The molecule has 0 aromatic heterocycles. The highest BCUT2D eigenvalue weighted by Gasteiger charge is 2.62. The van der Waals surface area contributed by atoms with Crippen LogP contribution in [0.4, 0.5) is 5.69 Å². The van der Waals surface area contributed by atoms with Crippen molar-refractivity contribution in [3.8, 4) is 0 Å². The molecule has 0 bridgehead atoms. The molecule has 5 heteroatoms. The van der Waals surface area contributed by atoms with Gasteiger partial charge >= 0.3 is 0 Å². The van der Waals surface area contributed by atoms with Gasteiger partial charge in [0.2, 0.25) is 0 Å². The van der Waals surface area contributed by atoms with Crippen molar-refractivity contribution in [2.45, 2.75) is 44.2 Å². The maximum absolute atomic E-state index is 8.68. The molecule has 24 heavy (non-hydrogen) atoms. The Morgan fingerprint density at radius 3 is 3.00 bits per heavy atom. The lowest BCUT2D eigenvalue weighted by Gasteiger charge is -2.48. The SMILES string of the molecule is [2H]C1([2H])OC(N)=N[C@]12c1cc([N+]#[C-])ccc1C[C@]21CC[C@@H](OC)[C@H](C)C1. The fourth-order valence-electron chi connectivity index (χ4n) is 4.97. The van der Waals surface area contributed by atoms with E-state index in [1.807, 2.05) is 6.07 Å². The fourth-order valence-corrected chi connectivity index (χ4v) is 4.97. The first kappa shape index (κ1) is 13.3. The molecule has 1 aromatic carbocycles. The molecule has 4 rings (SSSR count). The Labute approximate surface area is 145 Å². The summed E-state index contributed by atoms with van der Waals surface area (Å²) in [7, 11) is 1.73. The number of hydrogen-bond donors (Lipinski definition) is 1. The zero-order valence-electron chi connectivity index (χ0n) is 16.0. The topological polar surface area (TPSA) is 61.2 Å². The molecule has 3 aliphatic rings. The molecular formula is C19H23N3O2. The van der Waals surface area contributed by atoms with Gasteiger partial charge in [-0.3, -0.25) is 0 Å². The van der Waals surface area contributed by atoms with Gasteiger partial charge in [-0.05, 0) is 42.7 Å². The van der Waals surface area contributed by atoms with Gasteiger partial charge in [0.1, 0.15) is 12.1 Å². The highest BCUT2D eigenvalue weighted by molar-refractivity contribution is 5.75. The van der Waals surface area contributed by atoms with E-state index < -0.39 is 17.5 Å². The van der Waals surface area contributed by atoms with Crippen LogP contribution >= 0.6 is 0 Å². The molecule has 0 unspecified atom stereocenters. The van der Waals surface area contributed by atoms with Gasteiger partial charge in [-0.1, -0.05) is 25.1 Å². The highest BCUT2D eigenvalue weighted by Crippen LogP contribution is 2.62. The quantitative estimate of drug-likeness (QED) is 0.806. The third kappa shape index (κ3) is 1.93. The summed E-state index contributed by atoms with van der Waals surface area (Å²) >= 11 is 0. The Bertz CT molecular complexity index is 835. The number of rotatable bonds is 1. The van der Waals surface area contributed by atoms with Crippen molar-refractivity contribution >= 4 is 11.7 Å². The summed E-state index contributed by atoms with van der Waals surface area (Å²) < 4.78 is 28.4. The summed E-state index contributed by atoms with van der Waals surface area (Å²) in [6, 6.07) is 5.39.